The van der Waals surface area contributed by atoms with E-state index in [1.165, 1.54) is 0 Å². The van der Waals surface area contributed by atoms with Crippen LogP contribution in [0.5, 0.6) is 5.75 Å². The number of fused-ring (bicyclic) bond motifs is 1. The zero-order valence-corrected chi connectivity index (χ0v) is 15.0. The van der Waals surface area contributed by atoms with E-state index >= 15 is 0 Å². The molecule has 1 aromatic carbocycles. The number of aryl methyl sites for hydroxylation is 1. The van der Waals surface area contributed by atoms with Gasteiger partial charge in [0.1, 0.15) is 23.8 Å². The summed E-state index contributed by atoms with van der Waals surface area (Å²) >= 11 is 0. The minimum atomic E-state index is -0.122. The van der Waals surface area contributed by atoms with Crippen molar-refractivity contribution in [2.45, 2.75) is 32.9 Å². The lowest BCUT2D eigenvalue weighted by Gasteiger charge is -2.10. The van der Waals surface area contributed by atoms with E-state index in [0.717, 1.165) is 41.8 Å². The Bertz CT molecular complexity index is 878. The van der Waals surface area contributed by atoms with Gasteiger partial charge in [-0.2, -0.15) is 0 Å². The first kappa shape index (κ1) is 17.9. The van der Waals surface area contributed by atoms with Gasteiger partial charge in [-0.25, -0.2) is 0 Å². The molecule has 0 unspecified atom stereocenters. The Kier molecular flexibility index (Phi) is 5.79. The van der Waals surface area contributed by atoms with E-state index in [0.29, 0.717) is 18.8 Å². The lowest BCUT2D eigenvalue weighted by atomic mass is 10.2. The van der Waals surface area contributed by atoms with Crippen LogP contribution in [-0.4, -0.2) is 17.1 Å². The Morgan fingerprint density at radius 2 is 2.23 bits per heavy atom. The van der Waals surface area contributed by atoms with E-state index < -0.39 is 0 Å². The zero-order valence-electron chi connectivity index (χ0n) is 15.0. The molecule has 2 aromatic heterocycles. The minimum absolute atomic E-state index is 0.122. The maximum atomic E-state index is 12.8. The molecule has 0 saturated heterocycles. The molecule has 0 aliphatic carbocycles. The number of amides is 1. The van der Waals surface area contributed by atoms with Crippen LogP contribution in [0.15, 0.2) is 59.7 Å². The van der Waals surface area contributed by atoms with Crippen LogP contribution in [0.1, 0.15) is 36.0 Å². The lowest BCUT2D eigenvalue weighted by molar-refractivity contribution is 0.0939. The van der Waals surface area contributed by atoms with Gasteiger partial charge in [0, 0.05) is 11.9 Å². The number of unbranched alkanes of at least 4 members (excludes halogenated alkanes) is 1. The Hall–Kier alpha value is -2.95. The Morgan fingerprint density at radius 3 is 2.96 bits per heavy atom. The highest BCUT2D eigenvalue weighted by molar-refractivity contribution is 6.00. The minimum Gasteiger partial charge on any atom is -0.489 e. The van der Waals surface area contributed by atoms with Gasteiger partial charge in [0.2, 0.25) is 0 Å². The number of carbonyl (C=O) groups excluding carboxylic acids is 1. The van der Waals surface area contributed by atoms with E-state index in [9.17, 15) is 4.79 Å². The maximum Gasteiger partial charge on any atom is 0.268 e. The van der Waals surface area contributed by atoms with Gasteiger partial charge < -0.3 is 19.0 Å². The van der Waals surface area contributed by atoms with E-state index in [2.05, 4.69) is 23.4 Å². The number of nitrogens with one attached hydrogen (secondary N) is 1. The molecule has 0 atom stereocenters. The molecule has 5 heteroatoms. The number of ether oxygens (including phenoxy) is 1. The molecule has 0 bridgehead atoms. The highest BCUT2D eigenvalue weighted by Crippen LogP contribution is 2.29. The quantitative estimate of drug-likeness (QED) is 0.576. The smallest absolute Gasteiger partial charge is 0.268 e. The number of hydrogen-bond donors (Lipinski definition) is 1. The average Bonchev–Trinajstić information content (AvgIpc) is 3.30. The Balaban J connectivity index is 1.93. The van der Waals surface area contributed by atoms with E-state index in [1.807, 2.05) is 36.4 Å². The number of carbonyl (C=O) groups is 1. The molecule has 1 N–H and O–H groups in total. The monoisotopic (exact) mass is 352 g/mol. The first-order valence-corrected chi connectivity index (χ1v) is 8.91. The highest BCUT2D eigenvalue weighted by atomic mass is 16.5. The normalized spacial score (nSPS) is 10.8. The van der Waals surface area contributed by atoms with Crippen molar-refractivity contribution < 1.29 is 13.9 Å². The Morgan fingerprint density at radius 1 is 1.35 bits per heavy atom. The summed E-state index contributed by atoms with van der Waals surface area (Å²) in [7, 11) is 0. The second-order valence-electron chi connectivity index (χ2n) is 6.09. The molecule has 1 amide bonds. The third-order valence-corrected chi connectivity index (χ3v) is 4.23. The van der Waals surface area contributed by atoms with Crippen molar-refractivity contribution in [1.82, 2.24) is 9.88 Å². The molecule has 2 heterocycles. The van der Waals surface area contributed by atoms with Crippen molar-refractivity contribution >= 4 is 16.8 Å². The molecule has 0 fully saturated rings. The molecule has 0 saturated carbocycles. The summed E-state index contributed by atoms with van der Waals surface area (Å²) in [5, 5.41) is 3.87. The molecule has 0 aliphatic heterocycles. The zero-order chi connectivity index (χ0) is 18.4. The van der Waals surface area contributed by atoms with Crippen LogP contribution >= 0.6 is 0 Å². The number of benzene rings is 1. The number of hydrogen-bond acceptors (Lipinski definition) is 3. The third-order valence-electron chi connectivity index (χ3n) is 4.23. The van der Waals surface area contributed by atoms with Crippen molar-refractivity contribution in [3.8, 4) is 5.75 Å². The second kappa shape index (κ2) is 8.43. The molecule has 5 nitrogen and oxygen atoms in total. The van der Waals surface area contributed by atoms with Crippen molar-refractivity contribution in [3.63, 3.8) is 0 Å². The standard InChI is InChI=1S/C21H24N2O3/c1-3-5-11-23-18-9-6-10-20(26-12-4-2)17(18)14-19(23)21(24)22-15-16-8-7-13-25-16/h4,6-10,13-14H,2-3,5,11-12,15H2,1H3,(H,22,24). The first-order valence-electron chi connectivity index (χ1n) is 8.91. The summed E-state index contributed by atoms with van der Waals surface area (Å²) in [4.78, 5) is 12.8. The number of rotatable bonds is 9. The first-order chi connectivity index (χ1) is 12.7. The maximum absolute atomic E-state index is 12.8. The summed E-state index contributed by atoms with van der Waals surface area (Å²) in [6.07, 6.45) is 5.37. The van der Waals surface area contributed by atoms with E-state index in [4.69, 9.17) is 9.15 Å². The summed E-state index contributed by atoms with van der Waals surface area (Å²) in [6.45, 7) is 7.41. The van der Waals surface area contributed by atoms with Gasteiger partial charge >= 0.3 is 0 Å². The molecule has 0 radical (unpaired) electrons. The fourth-order valence-electron chi connectivity index (χ4n) is 2.95. The number of aromatic nitrogens is 1. The van der Waals surface area contributed by atoms with Crippen LogP contribution in [0.3, 0.4) is 0 Å². The van der Waals surface area contributed by atoms with Crippen LogP contribution < -0.4 is 10.1 Å². The van der Waals surface area contributed by atoms with Crippen molar-refractivity contribution in [3.05, 3.63) is 66.8 Å². The van der Waals surface area contributed by atoms with Crippen molar-refractivity contribution in [2.24, 2.45) is 0 Å². The average molecular weight is 352 g/mol. The van der Waals surface area contributed by atoms with Gasteiger partial charge in [0.25, 0.3) is 5.91 Å². The molecule has 3 rings (SSSR count). The van der Waals surface area contributed by atoms with Gasteiger partial charge in [-0.3, -0.25) is 4.79 Å². The fourth-order valence-corrected chi connectivity index (χ4v) is 2.95. The van der Waals surface area contributed by atoms with Gasteiger partial charge in [-0.15, -0.1) is 0 Å². The molecule has 0 aliphatic rings. The number of nitrogens with zero attached hydrogens (tertiary/aromatic N) is 1. The van der Waals surface area contributed by atoms with Gasteiger partial charge in [0.15, 0.2) is 0 Å². The van der Waals surface area contributed by atoms with Crippen LogP contribution in [-0.2, 0) is 13.1 Å². The van der Waals surface area contributed by atoms with E-state index in [1.54, 1.807) is 12.3 Å². The predicted molar refractivity (Wildman–Crippen MR) is 102 cm³/mol. The summed E-state index contributed by atoms with van der Waals surface area (Å²) in [6, 6.07) is 11.4. The van der Waals surface area contributed by atoms with Crippen LogP contribution in [0.25, 0.3) is 10.9 Å². The topological polar surface area (TPSA) is 56.4 Å². The van der Waals surface area contributed by atoms with Crippen molar-refractivity contribution in [2.75, 3.05) is 6.61 Å². The Labute approximate surface area is 153 Å². The van der Waals surface area contributed by atoms with Crippen LogP contribution in [0.2, 0.25) is 0 Å². The molecule has 3 aromatic rings. The van der Waals surface area contributed by atoms with Crippen LogP contribution in [0, 0.1) is 0 Å². The molecular formula is C21H24N2O3. The molecular weight excluding hydrogens is 328 g/mol. The third kappa shape index (κ3) is 3.82. The van der Waals surface area contributed by atoms with Crippen molar-refractivity contribution in [1.29, 1.82) is 0 Å². The molecule has 0 spiro atoms. The summed E-state index contributed by atoms with van der Waals surface area (Å²) < 4.78 is 13.1. The van der Waals surface area contributed by atoms with Gasteiger partial charge in [-0.05, 0) is 36.8 Å². The van der Waals surface area contributed by atoms with Crippen LogP contribution in [0.4, 0.5) is 0 Å². The molecule has 136 valence electrons. The predicted octanol–water partition coefficient (Wildman–Crippen LogP) is 4.53. The second-order valence-corrected chi connectivity index (χ2v) is 6.09. The highest BCUT2D eigenvalue weighted by Gasteiger charge is 2.17. The fraction of sp³-hybridized carbons (Fsp3) is 0.286. The van der Waals surface area contributed by atoms with Gasteiger partial charge in [0.05, 0.1) is 18.3 Å². The van der Waals surface area contributed by atoms with Gasteiger partial charge in [-0.1, -0.05) is 32.1 Å². The largest absolute Gasteiger partial charge is 0.489 e. The number of furan rings is 1. The molecule has 26 heavy (non-hydrogen) atoms. The summed E-state index contributed by atoms with van der Waals surface area (Å²) in [5.74, 6) is 1.37. The summed E-state index contributed by atoms with van der Waals surface area (Å²) in [5.41, 5.74) is 1.64. The SMILES string of the molecule is C=CCOc1cccc2c1cc(C(=O)NCc1ccco1)n2CCCC. The lowest BCUT2D eigenvalue weighted by Crippen LogP contribution is -2.25. The van der Waals surface area contributed by atoms with E-state index in [-0.39, 0.29) is 5.91 Å².